The molecule has 0 spiro atoms. The Kier molecular flexibility index (Phi) is 4.98. The normalized spacial score (nSPS) is 17.2. The Hall–Kier alpha value is -1.14. The summed E-state index contributed by atoms with van der Waals surface area (Å²) in [4.78, 5) is 12.2. The Labute approximate surface area is 67.9 Å². The highest BCUT2D eigenvalue weighted by molar-refractivity contribution is 5.56. The summed E-state index contributed by atoms with van der Waals surface area (Å²) in [6, 6.07) is 0. The second kappa shape index (κ2) is 5.50. The molecule has 0 rings (SSSR count). The highest BCUT2D eigenvalue weighted by atomic mass is 16.4. The number of aliphatic hydroxyl groups excluding tert-OH is 3. The van der Waals surface area contributed by atoms with Gasteiger partial charge in [-0.3, -0.25) is 0 Å². The fourth-order valence-corrected chi connectivity index (χ4v) is 0.536. The van der Waals surface area contributed by atoms with Crippen LogP contribution in [0.3, 0.4) is 0 Å². The van der Waals surface area contributed by atoms with Crippen molar-refractivity contribution in [1.82, 2.24) is 0 Å². The van der Waals surface area contributed by atoms with Crippen LogP contribution in [0.15, 0.2) is 5.11 Å². The number of hydrogen-bond donors (Lipinski definition) is 3. The average Bonchev–Trinajstić information content (AvgIpc) is 2.11. The summed E-state index contributed by atoms with van der Waals surface area (Å²) in [5.74, 6) is 0. The number of carbonyl (C=O) groups excluding carboxylic acids is 1. The molecule has 0 bridgehead atoms. The summed E-state index contributed by atoms with van der Waals surface area (Å²) in [5, 5.41) is 29.5. The van der Waals surface area contributed by atoms with Crippen LogP contribution in [0, 0.1) is 0 Å². The Morgan fingerprint density at radius 1 is 1.50 bits per heavy atom. The molecule has 12 heavy (non-hydrogen) atoms. The zero-order valence-electron chi connectivity index (χ0n) is 6.11. The molecule has 3 atom stereocenters. The Bertz CT molecular complexity index is 191. The average molecular weight is 175 g/mol. The van der Waals surface area contributed by atoms with Crippen LogP contribution in [0.4, 0.5) is 0 Å². The van der Waals surface area contributed by atoms with E-state index in [1.54, 1.807) is 0 Å². The van der Waals surface area contributed by atoms with Crippen LogP contribution in [0.5, 0.6) is 0 Å². The van der Waals surface area contributed by atoms with E-state index in [1.165, 1.54) is 0 Å². The molecule has 7 nitrogen and oxygen atoms in total. The fraction of sp³-hybridized carbons (Fsp3) is 0.800. The number of aldehydes is 1. The lowest BCUT2D eigenvalue weighted by atomic mass is 10.1. The van der Waals surface area contributed by atoms with Crippen molar-refractivity contribution in [2.75, 3.05) is 6.54 Å². The number of rotatable bonds is 5. The van der Waals surface area contributed by atoms with Crippen molar-refractivity contribution in [2.24, 2.45) is 5.11 Å². The van der Waals surface area contributed by atoms with E-state index in [0.29, 0.717) is 0 Å². The molecule has 0 aromatic heterocycles. The van der Waals surface area contributed by atoms with Gasteiger partial charge >= 0.3 is 0 Å². The summed E-state index contributed by atoms with van der Waals surface area (Å²) in [6.45, 7) is -0.386. The number of azide groups is 1. The van der Waals surface area contributed by atoms with E-state index in [9.17, 15) is 4.79 Å². The minimum absolute atomic E-state index is 0.0873. The minimum Gasteiger partial charge on any atom is -0.390 e. The Morgan fingerprint density at radius 2 is 2.08 bits per heavy atom. The van der Waals surface area contributed by atoms with E-state index in [-0.39, 0.29) is 12.8 Å². The van der Waals surface area contributed by atoms with Crippen LogP contribution >= 0.6 is 0 Å². The third-order valence-electron chi connectivity index (χ3n) is 1.22. The van der Waals surface area contributed by atoms with E-state index in [2.05, 4.69) is 10.0 Å². The van der Waals surface area contributed by atoms with Crippen molar-refractivity contribution in [2.45, 2.75) is 18.3 Å². The van der Waals surface area contributed by atoms with E-state index in [4.69, 9.17) is 20.9 Å². The fourth-order valence-electron chi connectivity index (χ4n) is 0.536. The maximum atomic E-state index is 9.90. The molecule has 7 heteroatoms. The molecular formula is C5H9N3O4. The van der Waals surface area contributed by atoms with E-state index in [1.807, 2.05) is 0 Å². The first-order valence-corrected chi connectivity index (χ1v) is 3.13. The van der Waals surface area contributed by atoms with Crippen LogP contribution in [0.1, 0.15) is 0 Å². The van der Waals surface area contributed by atoms with Gasteiger partial charge in [0, 0.05) is 4.91 Å². The molecule has 0 amide bonds. The van der Waals surface area contributed by atoms with Gasteiger partial charge in [-0.1, -0.05) is 5.11 Å². The molecule has 3 N–H and O–H groups in total. The van der Waals surface area contributed by atoms with Crippen LogP contribution in [-0.2, 0) is 4.79 Å². The van der Waals surface area contributed by atoms with Crippen molar-refractivity contribution < 1.29 is 20.1 Å². The maximum Gasteiger partial charge on any atom is 0.151 e. The number of hydrogen-bond acceptors (Lipinski definition) is 5. The molecule has 68 valence electrons. The Morgan fingerprint density at radius 3 is 2.50 bits per heavy atom. The molecule has 0 aromatic carbocycles. The second-order valence-corrected chi connectivity index (χ2v) is 2.10. The van der Waals surface area contributed by atoms with Crippen LogP contribution < -0.4 is 0 Å². The monoisotopic (exact) mass is 175 g/mol. The highest BCUT2D eigenvalue weighted by Crippen LogP contribution is 1.98. The summed E-state index contributed by atoms with van der Waals surface area (Å²) in [5.41, 5.74) is 7.83. The van der Waals surface area contributed by atoms with Crippen LogP contribution in [0.2, 0.25) is 0 Å². The van der Waals surface area contributed by atoms with Crippen molar-refractivity contribution in [3.05, 3.63) is 10.4 Å². The van der Waals surface area contributed by atoms with Gasteiger partial charge in [-0.15, -0.1) is 0 Å². The number of carbonyl (C=O) groups is 1. The molecule has 0 aromatic rings. The van der Waals surface area contributed by atoms with E-state index in [0.717, 1.165) is 0 Å². The smallest absolute Gasteiger partial charge is 0.151 e. The minimum atomic E-state index is -1.66. The molecule has 0 aliphatic carbocycles. The van der Waals surface area contributed by atoms with Gasteiger partial charge in [0.25, 0.3) is 0 Å². The first kappa shape index (κ1) is 10.9. The van der Waals surface area contributed by atoms with E-state index < -0.39 is 18.3 Å². The Balaban J connectivity index is 3.98. The van der Waals surface area contributed by atoms with Gasteiger partial charge in [0.1, 0.15) is 12.2 Å². The zero-order chi connectivity index (χ0) is 9.56. The third kappa shape index (κ3) is 3.31. The molecule has 0 unspecified atom stereocenters. The van der Waals surface area contributed by atoms with Crippen molar-refractivity contribution in [3.8, 4) is 0 Å². The van der Waals surface area contributed by atoms with Crippen molar-refractivity contribution in [1.29, 1.82) is 0 Å². The summed E-state index contributed by atoms with van der Waals surface area (Å²) >= 11 is 0. The second-order valence-electron chi connectivity index (χ2n) is 2.10. The van der Waals surface area contributed by atoms with Gasteiger partial charge < -0.3 is 20.1 Å². The standard InChI is InChI=1S/C5H9N3O4/c6-8-7-1-3(10)5(12)4(11)2-9/h2-5,10-12H,1H2/t3-,4+,5-/m1/s1. The summed E-state index contributed by atoms with van der Waals surface area (Å²) in [6.07, 6.45) is -4.62. The first-order chi connectivity index (χ1) is 5.63. The van der Waals surface area contributed by atoms with Crippen LogP contribution in [0.25, 0.3) is 10.4 Å². The predicted octanol–water partition coefficient (Wildman–Crippen LogP) is -1.42. The predicted molar refractivity (Wildman–Crippen MR) is 38.1 cm³/mol. The third-order valence-corrected chi connectivity index (χ3v) is 1.22. The van der Waals surface area contributed by atoms with Gasteiger partial charge in [0.2, 0.25) is 0 Å². The molecule has 0 aliphatic heterocycles. The SMILES string of the molecule is [N-]=[N+]=NC[C@@H](O)[C@@H](O)[C@@H](O)C=O. The van der Waals surface area contributed by atoms with Gasteiger partial charge in [-0.05, 0) is 5.53 Å². The van der Waals surface area contributed by atoms with Gasteiger partial charge in [0.05, 0.1) is 12.6 Å². The van der Waals surface area contributed by atoms with E-state index >= 15 is 0 Å². The van der Waals surface area contributed by atoms with Crippen molar-refractivity contribution in [3.63, 3.8) is 0 Å². The van der Waals surface area contributed by atoms with Gasteiger partial charge in [-0.2, -0.15) is 0 Å². The first-order valence-electron chi connectivity index (χ1n) is 3.13. The topological polar surface area (TPSA) is 127 Å². The quantitative estimate of drug-likeness (QED) is 0.205. The molecule has 0 radical (unpaired) electrons. The zero-order valence-corrected chi connectivity index (χ0v) is 6.11. The van der Waals surface area contributed by atoms with Gasteiger partial charge in [0.15, 0.2) is 6.29 Å². The largest absolute Gasteiger partial charge is 0.390 e. The maximum absolute atomic E-state index is 9.90. The molecule has 0 heterocycles. The van der Waals surface area contributed by atoms with Crippen molar-refractivity contribution >= 4 is 6.29 Å². The lowest BCUT2D eigenvalue weighted by Gasteiger charge is -2.16. The summed E-state index contributed by atoms with van der Waals surface area (Å²) in [7, 11) is 0. The highest BCUT2D eigenvalue weighted by Gasteiger charge is 2.23. The van der Waals surface area contributed by atoms with Gasteiger partial charge in [-0.25, -0.2) is 0 Å². The molecular weight excluding hydrogens is 166 g/mol. The van der Waals surface area contributed by atoms with Crippen LogP contribution in [-0.4, -0.2) is 46.5 Å². The lowest BCUT2D eigenvalue weighted by molar-refractivity contribution is -0.125. The molecule has 0 saturated heterocycles. The number of aliphatic hydroxyl groups is 3. The number of nitrogens with zero attached hydrogens (tertiary/aromatic N) is 3. The lowest BCUT2D eigenvalue weighted by Crippen LogP contribution is -2.39. The summed E-state index contributed by atoms with van der Waals surface area (Å²) < 4.78 is 0. The molecule has 0 aliphatic rings. The molecule has 0 fully saturated rings. The molecule has 0 saturated carbocycles.